The number of carbonyl (C=O) groups excluding carboxylic acids is 1. The van der Waals surface area contributed by atoms with Crippen LogP contribution in [0.15, 0.2) is 22.8 Å². The highest BCUT2D eigenvalue weighted by Gasteiger charge is 2.73. The van der Waals surface area contributed by atoms with Gasteiger partial charge in [-0.3, -0.25) is 4.79 Å². The normalized spacial score (nSPS) is 12.5. The van der Waals surface area contributed by atoms with Gasteiger partial charge >= 0.3 is 18.0 Å². The number of nitrogens with zero attached hydrogens (tertiary/aromatic N) is 1. The number of nitriles is 1. The number of anilines is 1. The van der Waals surface area contributed by atoms with Crippen molar-refractivity contribution in [1.29, 1.82) is 5.26 Å². The molecule has 1 amide bonds. The van der Waals surface area contributed by atoms with E-state index in [1.165, 1.54) is 12.2 Å². The highest BCUT2D eigenvalue weighted by Crippen LogP contribution is 2.46. The van der Waals surface area contributed by atoms with Gasteiger partial charge in [-0.1, -0.05) is 6.92 Å². The monoisotopic (exact) mass is 425 g/mol. The van der Waals surface area contributed by atoms with Gasteiger partial charge in [-0.2, -0.15) is 31.6 Å². The first-order valence-electron chi connectivity index (χ1n) is 7.68. The minimum absolute atomic E-state index is 0.271. The van der Waals surface area contributed by atoms with Crippen LogP contribution in [-0.2, 0) is 6.42 Å². The zero-order valence-corrected chi connectivity index (χ0v) is 15.2. The van der Waals surface area contributed by atoms with Crippen LogP contribution in [0, 0.1) is 18.3 Å². The van der Waals surface area contributed by atoms with Crippen LogP contribution < -0.4 is 10.6 Å². The molecule has 0 bridgehead atoms. The summed E-state index contributed by atoms with van der Waals surface area (Å²) in [5.41, 5.74) is -4.92. The smallest absolute Gasteiger partial charge is 0.439 e. The fourth-order valence-corrected chi connectivity index (χ4v) is 3.56. The van der Waals surface area contributed by atoms with Gasteiger partial charge < -0.3 is 15.1 Å². The summed E-state index contributed by atoms with van der Waals surface area (Å²) in [5.74, 6) is -2.47. The fourth-order valence-electron chi connectivity index (χ4n) is 2.41. The Labute approximate surface area is 158 Å². The van der Waals surface area contributed by atoms with Gasteiger partial charge in [-0.15, -0.1) is 11.3 Å². The molecule has 0 aromatic carbocycles. The standard InChI is InChI=1S/C16H13F6N3O2S/c1-3-11-8(2)9(7-23)13(28-11)25-14(15(17,18)19,16(20,21)22)24-12(26)10-5-4-6-27-10/h4-6,25H,3H2,1-2H3,(H,24,26). The minimum atomic E-state index is -6.00. The molecule has 0 spiro atoms. The summed E-state index contributed by atoms with van der Waals surface area (Å²) in [6.07, 6.45) is -10.8. The summed E-state index contributed by atoms with van der Waals surface area (Å²) >= 11 is 0.586. The molecule has 5 nitrogen and oxygen atoms in total. The molecule has 2 aromatic heterocycles. The zero-order valence-electron chi connectivity index (χ0n) is 14.4. The number of thiophene rings is 1. The molecule has 0 atom stereocenters. The van der Waals surface area contributed by atoms with Crippen molar-refractivity contribution in [2.45, 2.75) is 38.3 Å². The summed E-state index contributed by atoms with van der Waals surface area (Å²) in [7, 11) is 0. The lowest BCUT2D eigenvalue weighted by Crippen LogP contribution is -2.72. The van der Waals surface area contributed by atoms with Crippen molar-refractivity contribution >= 4 is 22.2 Å². The number of nitrogens with one attached hydrogen (secondary N) is 2. The first-order valence-corrected chi connectivity index (χ1v) is 8.49. The average Bonchev–Trinajstić information content (AvgIpc) is 3.20. The van der Waals surface area contributed by atoms with E-state index in [0.717, 1.165) is 23.7 Å². The second-order valence-electron chi connectivity index (χ2n) is 5.62. The molecule has 2 aromatic rings. The first kappa shape index (κ1) is 21.6. The molecule has 0 unspecified atom stereocenters. The predicted molar refractivity (Wildman–Crippen MR) is 87.8 cm³/mol. The number of furan rings is 1. The molecule has 0 saturated heterocycles. The van der Waals surface area contributed by atoms with Crippen molar-refractivity contribution in [2.24, 2.45) is 0 Å². The molecule has 2 rings (SSSR count). The SMILES string of the molecule is CCc1sc(NC(NC(=O)c2ccco2)(C(F)(F)F)C(F)(F)F)c(C#N)c1C. The molecule has 2 N–H and O–H groups in total. The topological polar surface area (TPSA) is 78.1 Å². The first-order chi connectivity index (χ1) is 12.9. The second-order valence-corrected chi connectivity index (χ2v) is 6.73. The average molecular weight is 425 g/mol. The quantitative estimate of drug-likeness (QED) is 0.536. The van der Waals surface area contributed by atoms with E-state index in [1.807, 2.05) is 0 Å². The van der Waals surface area contributed by atoms with Gasteiger partial charge in [0.2, 0.25) is 0 Å². The summed E-state index contributed by atoms with van der Waals surface area (Å²) in [5, 5.41) is 10.9. The van der Waals surface area contributed by atoms with Gasteiger partial charge in [0.05, 0.1) is 11.8 Å². The molecular weight excluding hydrogens is 412 g/mol. The molecular formula is C16H13F6N3O2S. The molecule has 12 heteroatoms. The van der Waals surface area contributed by atoms with Gasteiger partial charge in [-0.05, 0) is 31.0 Å². The Morgan fingerprint density at radius 1 is 1.25 bits per heavy atom. The number of hydrogen-bond acceptors (Lipinski definition) is 5. The van der Waals surface area contributed by atoms with Crippen molar-refractivity contribution in [2.75, 3.05) is 5.32 Å². The largest absolute Gasteiger partial charge is 0.459 e. The molecule has 0 aliphatic heterocycles. The predicted octanol–water partition coefficient (Wildman–Crippen LogP) is 4.75. The van der Waals surface area contributed by atoms with Crippen molar-refractivity contribution < 1.29 is 35.6 Å². The molecule has 0 aliphatic rings. The van der Waals surface area contributed by atoms with Crippen molar-refractivity contribution in [1.82, 2.24) is 5.32 Å². The number of carbonyl (C=O) groups is 1. The van der Waals surface area contributed by atoms with Crippen LogP contribution in [0.3, 0.4) is 0 Å². The van der Waals surface area contributed by atoms with E-state index in [2.05, 4.69) is 4.42 Å². The third-order valence-corrected chi connectivity index (χ3v) is 5.23. The highest BCUT2D eigenvalue weighted by atomic mass is 32.1. The van der Waals surface area contributed by atoms with Gasteiger partial charge in [0.25, 0.3) is 5.91 Å². The van der Waals surface area contributed by atoms with Crippen molar-refractivity contribution in [3.05, 3.63) is 40.2 Å². The Balaban J connectivity index is 2.62. The van der Waals surface area contributed by atoms with E-state index in [9.17, 15) is 36.4 Å². The number of hydrogen-bond donors (Lipinski definition) is 2. The Kier molecular flexibility index (Phi) is 5.70. The van der Waals surface area contributed by atoms with Crippen LogP contribution in [-0.4, -0.2) is 23.9 Å². The number of amides is 1. The Morgan fingerprint density at radius 2 is 1.86 bits per heavy atom. The summed E-state index contributed by atoms with van der Waals surface area (Å²) < 4.78 is 86.6. The molecule has 2 heterocycles. The van der Waals surface area contributed by atoms with Crippen molar-refractivity contribution in [3.8, 4) is 6.07 Å². The summed E-state index contributed by atoms with van der Waals surface area (Å²) in [4.78, 5) is 12.4. The molecule has 152 valence electrons. The number of aryl methyl sites for hydroxylation is 1. The number of alkyl halides is 6. The summed E-state index contributed by atoms with van der Waals surface area (Å²) in [6.45, 7) is 3.06. The van der Waals surface area contributed by atoms with Crippen LogP contribution >= 0.6 is 11.3 Å². The van der Waals surface area contributed by atoms with E-state index in [1.54, 1.807) is 13.0 Å². The molecule has 0 fully saturated rings. The van der Waals surface area contributed by atoms with E-state index in [0.29, 0.717) is 22.6 Å². The van der Waals surface area contributed by atoms with E-state index in [4.69, 9.17) is 0 Å². The van der Waals surface area contributed by atoms with Gasteiger partial charge in [0, 0.05) is 4.88 Å². The van der Waals surface area contributed by atoms with E-state index in [-0.39, 0.29) is 11.1 Å². The maximum absolute atomic E-state index is 13.7. The maximum atomic E-state index is 13.7. The Bertz CT molecular complexity index is 879. The number of halogens is 6. The van der Waals surface area contributed by atoms with Crippen molar-refractivity contribution in [3.63, 3.8) is 0 Å². The van der Waals surface area contributed by atoms with Gasteiger partial charge in [-0.25, -0.2) is 0 Å². The Morgan fingerprint density at radius 3 is 2.29 bits per heavy atom. The second kappa shape index (κ2) is 7.38. The third-order valence-electron chi connectivity index (χ3n) is 3.88. The van der Waals surface area contributed by atoms with Gasteiger partial charge in [0.1, 0.15) is 11.1 Å². The van der Waals surface area contributed by atoms with E-state index >= 15 is 0 Å². The minimum Gasteiger partial charge on any atom is -0.459 e. The maximum Gasteiger partial charge on any atom is 0.439 e. The number of rotatable bonds is 5. The lowest BCUT2D eigenvalue weighted by molar-refractivity contribution is -0.294. The highest BCUT2D eigenvalue weighted by molar-refractivity contribution is 7.16. The van der Waals surface area contributed by atoms with Crippen LogP contribution in [0.1, 0.15) is 33.5 Å². The van der Waals surface area contributed by atoms with Crippen LogP contribution in [0.4, 0.5) is 31.3 Å². The van der Waals surface area contributed by atoms with Crippen LogP contribution in [0.5, 0.6) is 0 Å². The van der Waals surface area contributed by atoms with Crippen LogP contribution in [0.25, 0.3) is 0 Å². The van der Waals surface area contributed by atoms with E-state index < -0.39 is 34.7 Å². The third kappa shape index (κ3) is 3.66. The van der Waals surface area contributed by atoms with Gasteiger partial charge in [0.15, 0.2) is 5.76 Å². The molecule has 28 heavy (non-hydrogen) atoms. The lowest BCUT2D eigenvalue weighted by atomic mass is 10.1. The molecule has 0 radical (unpaired) electrons. The summed E-state index contributed by atoms with van der Waals surface area (Å²) in [6, 6.07) is 3.66. The zero-order chi connectivity index (χ0) is 21.3. The molecule has 0 saturated carbocycles. The van der Waals surface area contributed by atoms with Crippen LogP contribution in [0.2, 0.25) is 0 Å². The Hall–Kier alpha value is -2.68. The molecule has 0 aliphatic carbocycles. The lowest BCUT2D eigenvalue weighted by Gasteiger charge is -2.38. The fraction of sp³-hybridized carbons (Fsp3) is 0.375.